The highest BCUT2D eigenvalue weighted by atomic mass is 19.1. The van der Waals surface area contributed by atoms with Crippen LogP contribution in [0.15, 0.2) is 47.0 Å². The fraction of sp³-hybridized carbons (Fsp3) is 0.238. The van der Waals surface area contributed by atoms with Crippen LogP contribution in [-0.2, 0) is 11.3 Å². The van der Waals surface area contributed by atoms with E-state index in [0.717, 1.165) is 29.5 Å². The molecule has 1 atom stereocenters. The van der Waals surface area contributed by atoms with E-state index in [2.05, 4.69) is 5.16 Å². The first-order valence-corrected chi connectivity index (χ1v) is 8.65. The van der Waals surface area contributed by atoms with Gasteiger partial charge in [0.15, 0.2) is 0 Å². The normalized spacial score (nSPS) is 11.9. The zero-order valence-electron chi connectivity index (χ0n) is 15.7. The number of carbonyl (C=O) groups excluding carboxylic acids is 1. The van der Waals surface area contributed by atoms with Crippen molar-refractivity contribution in [2.75, 3.05) is 0 Å². The summed E-state index contributed by atoms with van der Waals surface area (Å²) >= 11 is 0. The third kappa shape index (κ3) is 4.36. The maximum atomic E-state index is 13.8. The Kier molecular flexibility index (Phi) is 5.73. The third-order valence-electron chi connectivity index (χ3n) is 4.31. The number of hydrogen-bond acceptors (Lipinski definition) is 5. The Balaban J connectivity index is 1.69. The number of hydrogen-bond donors (Lipinski definition) is 0. The average molecular weight is 387 g/mol. The van der Waals surface area contributed by atoms with Gasteiger partial charge in [0.1, 0.15) is 35.9 Å². The predicted molar refractivity (Wildman–Crippen MR) is 96.9 cm³/mol. The van der Waals surface area contributed by atoms with Crippen molar-refractivity contribution in [3.05, 3.63) is 82.2 Å². The van der Waals surface area contributed by atoms with E-state index in [0.29, 0.717) is 11.5 Å². The minimum absolute atomic E-state index is 0.0286. The third-order valence-corrected chi connectivity index (χ3v) is 4.31. The summed E-state index contributed by atoms with van der Waals surface area (Å²) < 4.78 is 43.3. The summed E-state index contributed by atoms with van der Waals surface area (Å²) in [7, 11) is 0. The lowest BCUT2D eigenvalue weighted by atomic mass is 10.1. The first-order chi connectivity index (χ1) is 13.3. The molecule has 5 nitrogen and oxygen atoms in total. The molecule has 0 saturated carbocycles. The molecule has 0 amide bonds. The van der Waals surface area contributed by atoms with Crippen molar-refractivity contribution in [1.82, 2.24) is 5.16 Å². The van der Waals surface area contributed by atoms with Crippen LogP contribution in [-0.4, -0.2) is 11.1 Å². The van der Waals surface area contributed by atoms with E-state index in [9.17, 15) is 13.6 Å². The van der Waals surface area contributed by atoms with Crippen molar-refractivity contribution >= 4 is 5.97 Å². The molecule has 0 spiro atoms. The van der Waals surface area contributed by atoms with Gasteiger partial charge in [0.25, 0.3) is 0 Å². The highest BCUT2D eigenvalue weighted by molar-refractivity contribution is 5.90. The lowest BCUT2D eigenvalue weighted by Crippen LogP contribution is -2.11. The minimum atomic E-state index is -0.949. The molecule has 7 heteroatoms. The van der Waals surface area contributed by atoms with Gasteiger partial charge >= 0.3 is 5.97 Å². The van der Waals surface area contributed by atoms with Crippen LogP contribution in [0.3, 0.4) is 0 Å². The fourth-order valence-corrected chi connectivity index (χ4v) is 2.69. The summed E-state index contributed by atoms with van der Waals surface area (Å²) in [6.45, 7) is 5.33. The van der Waals surface area contributed by atoms with Gasteiger partial charge in [-0.1, -0.05) is 11.2 Å². The molecule has 0 saturated heterocycles. The van der Waals surface area contributed by atoms with Crippen LogP contribution in [0.5, 0.6) is 5.75 Å². The number of halogens is 2. The van der Waals surface area contributed by atoms with E-state index in [1.165, 1.54) is 13.0 Å². The molecule has 146 valence electrons. The fourth-order valence-electron chi connectivity index (χ4n) is 2.69. The molecule has 3 rings (SSSR count). The van der Waals surface area contributed by atoms with Crippen LogP contribution in [0.1, 0.15) is 46.0 Å². The van der Waals surface area contributed by atoms with Gasteiger partial charge in [-0.25, -0.2) is 13.6 Å². The Bertz CT molecular complexity index is 980. The maximum Gasteiger partial charge on any atom is 0.338 e. The summed E-state index contributed by atoms with van der Waals surface area (Å²) in [5.41, 5.74) is 1.78. The quantitative estimate of drug-likeness (QED) is 0.553. The highest BCUT2D eigenvalue weighted by Gasteiger charge is 2.18. The Morgan fingerprint density at radius 2 is 1.96 bits per heavy atom. The second-order valence-corrected chi connectivity index (χ2v) is 6.33. The van der Waals surface area contributed by atoms with Crippen LogP contribution in [0.25, 0.3) is 0 Å². The van der Waals surface area contributed by atoms with Crippen molar-refractivity contribution in [2.24, 2.45) is 0 Å². The van der Waals surface area contributed by atoms with Gasteiger partial charge in [-0.2, -0.15) is 0 Å². The summed E-state index contributed by atoms with van der Waals surface area (Å²) in [5, 5.41) is 3.86. The van der Waals surface area contributed by atoms with E-state index >= 15 is 0 Å². The number of carbonyl (C=O) groups is 1. The number of nitrogens with zero attached hydrogens (tertiary/aromatic N) is 1. The second-order valence-electron chi connectivity index (χ2n) is 6.33. The molecule has 1 aromatic heterocycles. The molecule has 0 fully saturated rings. The zero-order chi connectivity index (χ0) is 20.3. The first kappa shape index (κ1) is 19.5. The predicted octanol–water partition coefficient (Wildman–Crippen LogP) is 5.07. The molecule has 0 radical (unpaired) electrons. The largest absolute Gasteiger partial charge is 0.489 e. The van der Waals surface area contributed by atoms with E-state index in [1.54, 1.807) is 25.1 Å². The molecule has 1 unspecified atom stereocenters. The Hall–Kier alpha value is -3.22. The zero-order valence-corrected chi connectivity index (χ0v) is 15.7. The number of esters is 1. The van der Waals surface area contributed by atoms with Crippen LogP contribution in [0.2, 0.25) is 0 Å². The standard InChI is InChI=1S/C21H19F2NO4/c1-12-19(14(3)28-24-12)11-26-17-6-4-5-15(9-17)21(25)27-13(2)18-10-16(22)7-8-20(18)23/h4-10,13H,11H2,1-3H3. The van der Waals surface area contributed by atoms with Gasteiger partial charge in [-0.3, -0.25) is 0 Å². The Morgan fingerprint density at radius 3 is 2.68 bits per heavy atom. The van der Waals surface area contributed by atoms with Gasteiger partial charge in [0.05, 0.1) is 16.8 Å². The molecular formula is C21H19F2NO4. The summed E-state index contributed by atoms with van der Waals surface area (Å²) in [5.74, 6) is -0.788. The van der Waals surface area contributed by atoms with Crippen molar-refractivity contribution in [1.29, 1.82) is 0 Å². The van der Waals surface area contributed by atoms with Gasteiger partial charge in [0.2, 0.25) is 0 Å². The van der Waals surface area contributed by atoms with Gasteiger partial charge in [-0.15, -0.1) is 0 Å². The van der Waals surface area contributed by atoms with Crippen LogP contribution in [0.4, 0.5) is 8.78 Å². The van der Waals surface area contributed by atoms with Gasteiger partial charge in [-0.05, 0) is 57.2 Å². The lowest BCUT2D eigenvalue weighted by molar-refractivity contribution is 0.0330. The minimum Gasteiger partial charge on any atom is -0.489 e. The van der Waals surface area contributed by atoms with Crippen molar-refractivity contribution in [2.45, 2.75) is 33.5 Å². The number of aryl methyl sites for hydroxylation is 2. The van der Waals surface area contributed by atoms with E-state index in [1.807, 2.05) is 6.92 Å². The summed E-state index contributed by atoms with van der Waals surface area (Å²) in [6.07, 6.45) is -0.949. The number of rotatable bonds is 6. The number of benzene rings is 2. The first-order valence-electron chi connectivity index (χ1n) is 8.65. The van der Waals surface area contributed by atoms with E-state index in [4.69, 9.17) is 14.0 Å². The van der Waals surface area contributed by atoms with E-state index in [-0.39, 0.29) is 17.7 Å². The van der Waals surface area contributed by atoms with Gasteiger partial charge in [0, 0.05) is 5.56 Å². The molecule has 0 N–H and O–H groups in total. The molecular weight excluding hydrogens is 368 g/mol. The monoisotopic (exact) mass is 387 g/mol. The topological polar surface area (TPSA) is 61.6 Å². The Morgan fingerprint density at radius 1 is 1.18 bits per heavy atom. The average Bonchev–Trinajstić information content (AvgIpc) is 3.00. The van der Waals surface area contributed by atoms with Crippen molar-refractivity contribution < 1.29 is 27.6 Å². The smallest absolute Gasteiger partial charge is 0.338 e. The van der Waals surface area contributed by atoms with Crippen LogP contribution < -0.4 is 4.74 Å². The maximum absolute atomic E-state index is 13.8. The Labute approximate surface area is 160 Å². The molecule has 0 aliphatic heterocycles. The molecule has 0 aliphatic rings. The summed E-state index contributed by atoms with van der Waals surface area (Å²) in [6, 6.07) is 9.44. The molecule has 2 aromatic carbocycles. The number of ether oxygens (including phenoxy) is 2. The molecule has 0 bridgehead atoms. The van der Waals surface area contributed by atoms with Crippen LogP contribution in [0, 0.1) is 25.5 Å². The molecule has 1 heterocycles. The van der Waals surface area contributed by atoms with Crippen LogP contribution >= 0.6 is 0 Å². The van der Waals surface area contributed by atoms with Crippen molar-refractivity contribution in [3.63, 3.8) is 0 Å². The SMILES string of the molecule is Cc1noc(C)c1COc1cccc(C(=O)OC(C)c2cc(F)ccc2F)c1. The highest BCUT2D eigenvalue weighted by Crippen LogP contribution is 2.24. The molecule has 0 aliphatic carbocycles. The number of aromatic nitrogens is 1. The van der Waals surface area contributed by atoms with Gasteiger partial charge < -0.3 is 14.0 Å². The summed E-state index contributed by atoms with van der Waals surface area (Å²) in [4.78, 5) is 12.4. The molecule has 28 heavy (non-hydrogen) atoms. The van der Waals surface area contributed by atoms with E-state index < -0.39 is 23.7 Å². The molecule has 3 aromatic rings. The van der Waals surface area contributed by atoms with Crippen molar-refractivity contribution in [3.8, 4) is 5.75 Å². The second kappa shape index (κ2) is 8.21. The lowest BCUT2D eigenvalue weighted by Gasteiger charge is -2.15.